The smallest absolute Gasteiger partial charge is 0.190 e. The number of fused-ring (bicyclic) bond motifs is 2. The highest BCUT2D eigenvalue weighted by molar-refractivity contribution is 7.18. The van der Waals surface area contributed by atoms with Crippen LogP contribution in [-0.2, 0) is 0 Å². The molecule has 0 aliphatic rings. The average molecular weight is 270 g/mol. The molecule has 3 nitrogen and oxygen atoms in total. The van der Waals surface area contributed by atoms with Crippen LogP contribution in [0.4, 0.5) is 0 Å². The first kappa shape index (κ1) is 10.2. The van der Waals surface area contributed by atoms with Crippen LogP contribution in [0.3, 0.4) is 0 Å². The third-order valence-corrected chi connectivity index (χ3v) is 3.74. The van der Waals surface area contributed by atoms with E-state index in [0.29, 0.717) is 21.2 Å². The molecule has 2 aromatic heterocycles. The van der Waals surface area contributed by atoms with Crippen LogP contribution in [0.2, 0.25) is 10.0 Å². The second kappa shape index (κ2) is 3.52. The number of hydrogen-bond acceptors (Lipinski definition) is 4. The first-order chi connectivity index (χ1) is 7.63. The van der Waals surface area contributed by atoms with Crippen molar-refractivity contribution in [3.63, 3.8) is 0 Å². The number of aryl methyl sites for hydroxylation is 1. The highest BCUT2D eigenvalue weighted by atomic mass is 35.5. The minimum absolute atomic E-state index is 0.481. The van der Waals surface area contributed by atoms with Crippen LogP contribution in [0.1, 0.15) is 5.01 Å². The Bertz CT molecular complexity index is 649. The Morgan fingerprint density at radius 2 is 1.62 bits per heavy atom. The van der Waals surface area contributed by atoms with Crippen molar-refractivity contribution in [1.29, 1.82) is 0 Å². The fraction of sp³-hybridized carbons (Fsp3) is 0.100. The summed E-state index contributed by atoms with van der Waals surface area (Å²) in [6, 6.07) is 3.43. The molecule has 16 heavy (non-hydrogen) atoms. The van der Waals surface area contributed by atoms with Gasteiger partial charge in [0.25, 0.3) is 0 Å². The van der Waals surface area contributed by atoms with Crippen LogP contribution in [-0.4, -0.2) is 15.0 Å². The van der Waals surface area contributed by atoms with Gasteiger partial charge in [-0.25, -0.2) is 15.0 Å². The van der Waals surface area contributed by atoms with Gasteiger partial charge in [-0.05, 0) is 19.1 Å². The normalized spacial score (nSPS) is 11.4. The molecular weight excluding hydrogens is 265 g/mol. The first-order valence-corrected chi connectivity index (χ1v) is 6.10. The summed E-state index contributed by atoms with van der Waals surface area (Å²) < 4.78 is 0. The molecule has 3 rings (SSSR count). The molecule has 0 saturated heterocycles. The summed E-state index contributed by atoms with van der Waals surface area (Å²) in [6.07, 6.45) is 0. The summed E-state index contributed by atoms with van der Waals surface area (Å²) in [7, 11) is 0. The van der Waals surface area contributed by atoms with Crippen molar-refractivity contribution >= 4 is 56.0 Å². The SMILES string of the molecule is Cc1nc2nc3cc(Cl)c(Cl)cc3nc2s1. The van der Waals surface area contributed by atoms with Gasteiger partial charge in [-0.2, -0.15) is 0 Å². The van der Waals surface area contributed by atoms with Crippen LogP contribution in [0.5, 0.6) is 0 Å². The Labute approximate surface area is 105 Å². The number of hydrogen-bond donors (Lipinski definition) is 0. The average Bonchev–Trinajstić information content (AvgIpc) is 2.56. The molecule has 0 fully saturated rings. The minimum Gasteiger partial charge on any atom is -0.232 e. The van der Waals surface area contributed by atoms with E-state index < -0.39 is 0 Å². The summed E-state index contributed by atoms with van der Waals surface area (Å²) in [5.41, 5.74) is 2.12. The third kappa shape index (κ3) is 1.54. The molecular formula is C10H5Cl2N3S. The highest BCUT2D eigenvalue weighted by Crippen LogP contribution is 2.28. The molecule has 0 atom stereocenters. The summed E-state index contributed by atoms with van der Waals surface area (Å²) in [5.74, 6) is 0. The van der Waals surface area contributed by atoms with Crippen molar-refractivity contribution in [2.75, 3.05) is 0 Å². The zero-order valence-corrected chi connectivity index (χ0v) is 10.5. The van der Waals surface area contributed by atoms with Gasteiger partial charge in [-0.3, -0.25) is 0 Å². The zero-order chi connectivity index (χ0) is 11.3. The Kier molecular flexibility index (Phi) is 2.24. The van der Waals surface area contributed by atoms with E-state index in [0.717, 1.165) is 15.4 Å². The van der Waals surface area contributed by atoms with Crippen molar-refractivity contribution in [3.8, 4) is 0 Å². The fourth-order valence-corrected chi connectivity index (χ4v) is 2.53. The van der Waals surface area contributed by atoms with Gasteiger partial charge in [0.1, 0.15) is 0 Å². The van der Waals surface area contributed by atoms with E-state index in [2.05, 4.69) is 15.0 Å². The van der Waals surface area contributed by atoms with E-state index in [-0.39, 0.29) is 0 Å². The van der Waals surface area contributed by atoms with E-state index in [9.17, 15) is 0 Å². The lowest BCUT2D eigenvalue weighted by Crippen LogP contribution is -1.85. The van der Waals surface area contributed by atoms with Gasteiger partial charge in [0.2, 0.25) is 0 Å². The lowest BCUT2D eigenvalue weighted by atomic mass is 10.3. The first-order valence-electron chi connectivity index (χ1n) is 4.53. The molecule has 0 saturated carbocycles. The quantitative estimate of drug-likeness (QED) is 0.622. The Morgan fingerprint density at radius 3 is 2.31 bits per heavy atom. The Balaban J connectivity index is 2.45. The zero-order valence-electron chi connectivity index (χ0n) is 8.16. The van der Waals surface area contributed by atoms with Crippen molar-refractivity contribution in [2.24, 2.45) is 0 Å². The lowest BCUT2D eigenvalue weighted by molar-refractivity contribution is 1.28. The molecule has 3 aromatic rings. The minimum atomic E-state index is 0.481. The summed E-state index contributed by atoms with van der Waals surface area (Å²) in [6.45, 7) is 1.93. The monoisotopic (exact) mass is 269 g/mol. The van der Waals surface area contributed by atoms with E-state index in [1.807, 2.05) is 6.92 Å². The van der Waals surface area contributed by atoms with Crippen LogP contribution in [0.25, 0.3) is 21.5 Å². The summed E-state index contributed by atoms with van der Waals surface area (Å²) in [5, 5.41) is 1.92. The second-order valence-electron chi connectivity index (χ2n) is 3.34. The van der Waals surface area contributed by atoms with Gasteiger partial charge in [0, 0.05) is 0 Å². The van der Waals surface area contributed by atoms with Gasteiger partial charge in [-0.15, -0.1) is 0 Å². The maximum Gasteiger partial charge on any atom is 0.190 e. The molecule has 0 N–H and O–H groups in total. The highest BCUT2D eigenvalue weighted by Gasteiger charge is 2.08. The number of rotatable bonds is 0. The maximum absolute atomic E-state index is 5.93. The number of thiazole rings is 1. The molecule has 0 unspecified atom stereocenters. The van der Waals surface area contributed by atoms with Gasteiger partial charge < -0.3 is 0 Å². The molecule has 6 heteroatoms. The molecule has 0 bridgehead atoms. The van der Waals surface area contributed by atoms with E-state index in [1.165, 1.54) is 11.3 Å². The van der Waals surface area contributed by atoms with E-state index in [4.69, 9.17) is 23.2 Å². The van der Waals surface area contributed by atoms with Crippen molar-refractivity contribution in [2.45, 2.75) is 6.92 Å². The fourth-order valence-electron chi connectivity index (χ4n) is 1.48. The number of halogens is 2. The molecule has 1 aromatic carbocycles. The molecule has 0 aliphatic heterocycles. The standard InChI is InChI=1S/C10H5Cl2N3S/c1-4-13-9-10(16-4)15-8-3-6(12)5(11)2-7(8)14-9/h2-3H,1H3. The van der Waals surface area contributed by atoms with E-state index >= 15 is 0 Å². The van der Waals surface area contributed by atoms with Crippen LogP contribution < -0.4 is 0 Å². The lowest BCUT2D eigenvalue weighted by Gasteiger charge is -1.99. The predicted molar refractivity (Wildman–Crippen MR) is 67.5 cm³/mol. The Hall–Kier alpha value is -0.970. The summed E-state index contributed by atoms with van der Waals surface area (Å²) in [4.78, 5) is 14.0. The van der Waals surface area contributed by atoms with Crippen LogP contribution in [0.15, 0.2) is 12.1 Å². The largest absolute Gasteiger partial charge is 0.232 e. The summed E-state index contributed by atoms with van der Waals surface area (Å²) >= 11 is 13.4. The van der Waals surface area contributed by atoms with Gasteiger partial charge in [0.05, 0.1) is 26.1 Å². The molecule has 0 aliphatic carbocycles. The van der Waals surface area contributed by atoms with Gasteiger partial charge >= 0.3 is 0 Å². The van der Waals surface area contributed by atoms with Crippen molar-refractivity contribution in [3.05, 3.63) is 27.2 Å². The Morgan fingerprint density at radius 1 is 1.00 bits per heavy atom. The van der Waals surface area contributed by atoms with Crippen molar-refractivity contribution in [1.82, 2.24) is 15.0 Å². The van der Waals surface area contributed by atoms with E-state index in [1.54, 1.807) is 12.1 Å². The molecule has 80 valence electrons. The topological polar surface area (TPSA) is 38.7 Å². The van der Waals surface area contributed by atoms with Gasteiger partial charge in [0.15, 0.2) is 10.5 Å². The molecule has 2 heterocycles. The van der Waals surface area contributed by atoms with Gasteiger partial charge in [-0.1, -0.05) is 34.5 Å². The predicted octanol–water partition coefficient (Wildman–Crippen LogP) is 3.85. The molecule has 0 spiro atoms. The van der Waals surface area contributed by atoms with Crippen LogP contribution in [0, 0.1) is 6.92 Å². The second-order valence-corrected chi connectivity index (χ2v) is 5.34. The number of nitrogens with zero attached hydrogens (tertiary/aromatic N) is 3. The number of aromatic nitrogens is 3. The van der Waals surface area contributed by atoms with Crippen LogP contribution >= 0.6 is 34.5 Å². The third-order valence-electron chi connectivity index (χ3n) is 2.16. The number of benzene rings is 1. The molecule has 0 amide bonds. The van der Waals surface area contributed by atoms with Crippen molar-refractivity contribution < 1.29 is 0 Å². The molecule has 0 radical (unpaired) electrons. The maximum atomic E-state index is 5.93.